The number of carbonyl (C=O) groups excluding carboxylic acids is 1. The van der Waals surface area contributed by atoms with Crippen molar-refractivity contribution in [1.29, 1.82) is 0 Å². The zero-order valence-electron chi connectivity index (χ0n) is 8.19. The Morgan fingerprint density at radius 3 is 2.93 bits per heavy atom. The summed E-state index contributed by atoms with van der Waals surface area (Å²) in [5, 5.41) is 10.9. The van der Waals surface area contributed by atoms with Gasteiger partial charge in [-0.15, -0.1) is 0 Å². The lowest BCUT2D eigenvalue weighted by molar-refractivity contribution is -0.139. The minimum absolute atomic E-state index is 0.343. The topological polar surface area (TPSA) is 75.6 Å². The van der Waals surface area contributed by atoms with Gasteiger partial charge in [-0.25, -0.2) is 4.79 Å². The molecule has 1 amide bonds. The summed E-state index contributed by atoms with van der Waals surface area (Å²) in [6.45, 7) is 1.42. The summed E-state index contributed by atoms with van der Waals surface area (Å²) in [4.78, 5) is 20.6. The number of nitrogens with one attached hydrogen (secondary N) is 1. The average molecular weight is 209 g/mol. The van der Waals surface area contributed by atoms with Crippen molar-refractivity contribution in [1.82, 2.24) is 0 Å². The number of amides is 1. The molecule has 5 nitrogen and oxygen atoms in total. The maximum absolute atomic E-state index is 10.3. The predicted octanol–water partition coefficient (Wildman–Crippen LogP) is 1.03. The van der Waals surface area contributed by atoms with E-state index in [1.165, 1.54) is 0 Å². The van der Waals surface area contributed by atoms with E-state index in [1.807, 2.05) is 6.92 Å². The lowest BCUT2D eigenvalue weighted by atomic mass is 10.2. The minimum Gasteiger partial charge on any atom is -0.480 e. The molecular formula is C10H11NO4. The summed E-state index contributed by atoms with van der Waals surface area (Å²) in [6, 6.07) is 5.09. The van der Waals surface area contributed by atoms with Crippen LogP contribution in [0.5, 0.6) is 5.75 Å². The number of aliphatic carboxylic acids is 1. The fraction of sp³-hybridized carbons (Fsp3) is 0.200. The maximum Gasteiger partial charge on any atom is 0.341 e. The number of carboxylic acids is 1. The summed E-state index contributed by atoms with van der Waals surface area (Å²) in [5.74, 6) is -0.720. The maximum atomic E-state index is 10.3. The summed E-state index contributed by atoms with van der Waals surface area (Å²) in [7, 11) is 0. The third-order valence-electron chi connectivity index (χ3n) is 1.70. The third-order valence-corrected chi connectivity index (χ3v) is 1.70. The van der Waals surface area contributed by atoms with Crippen molar-refractivity contribution in [3.63, 3.8) is 0 Å². The Balaban J connectivity index is 2.84. The average Bonchev–Trinajstić information content (AvgIpc) is 2.17. The molecule has 0 atom stereocenters. The van der Waals surface area contributed by atoms with Gasteiger partial charge in [0.25, 0.3) is 0 Å². The minimum atomic E-state index is -1.06. The number of hydrogen-bond acceptors (Lipinski definition) is 3. The standard InChI is InChI=1S/C10H11NO4/c1-7-2-3-9(15-5-10(13)14)8(4-7)11-6-12/h2-4,6H,5H2,1H3,(H,11,12)(H,13,14). The molecule has 2 N–H and O–H groups in total. The highest BCUT2D eigenvalue weighted by Gasteiger charge is 2.05. The number of aryl methyl sites for hydroxylation is 1. The van der Waals surface area contributed by atoms with Crippen LogP contribution in [-0.4, -0.2) is 24.1 Å². The highest BCUT2D eigenvalue weighted by atomic mass is 16.5. The Kier molecular flexibility index (Phi) is 3.68. The molecule has 0 saturated carbocycles. The fourth-order valence-corrected chi connectivity index (χ4v) is 1.09. The van der Waals surface area contributed by atoms with Crippen LogP contribution in [-0.2, 0) is 9.59 Å². The lowest BCUT2D eigenvalue weighted by Crippen LogP contribution is -2.10. The van der Waals surface area contributed by atoms with Crippen LogP contribution in [0.15, 0.2) is 18.2 Å². The first-order valence-corrected chi connectivity index (χ1v) is 4.29. The van der Waals surface area contributed by atoms with Crippen LogP contribution in [0.4, 0.5) is 5.69 Å². The molecule has 5 heteroatoms. The number of carboxylic acid groups (broad SMARTS) is 1. The molecule has 1 aromatic carbocycles. The summed E-state index contributed by atoms with van der Waals surface area (Å²) in [6.07, 6.45) is 0.516. The first kappa shape index (κ1) is 11.0. The van der Waals surface area contributed by atoms with E-state index in [-0.39, 0.29) is 0 Å². The third kappa shape index (κ3) is 3.30. The normalized spacial score (nSPS) is 9.40. The van der Waals surface area contributed by atoms with Gasteiger partial charge in [-0.1, -0.05) is 6.07 Å². The monoisotopic (exact) mass is 209 g/mol. The highest BCUT2D eigenvalue weighted by molar-refractivity contribution is 5.76. The second kappa shape index (κ2) is 4.99. The van der Waals surface area contributed by atoms with Gasteiger partial charge in [0.2, 0.25) is 6.41 Å². The largest absolute Gasteiger partial charge is 0.480 e. The Labute approximate surface area is 86.7 Å². The van der Waals surface area contributed by atoms with E-state index in [9.17, 15) is 9.59 Å². The Hall–Kier alpha value is -2.04. The number of rotatable bonds is 5. The second-order valence-electron chi connectivity index (χ2n) is 2.94. The zero-order chi connectivity index (χ0) is 11.3. The van der Waals surface area contributed by atoms with Gasteiger partial charge in [0.05, 0.1) is 5.69 Å². The van der Waals surface area contributed by atoms with Crippen molar-refractivity contribution in [3.05, 3.63) is 23.8 Å². The molecule has 1 aromatic rings. The quantitative estimate of drug-likeness (QED) is 0.710. The van der Waals surface area contributed by atoms with Crippen LogP contribution in [0.3, 0.4) is 0 Å². The molecule has 0 aliphatic heterocycles. The summed E-state index contributed by atoms with van der Waals surface area (Å²) in [5.41, 5.74) is 1.41. The molecule has 0 aromatic heterocycles. The molecule has 0 bridgehead atoms. The van der Waals surface area contributed by atoms with Crippen molar-refractivity contribution in [2.75, 3.05) is 11.9 Å². The molecule has 1 rings (SSSR count). The first-order chi connectivity index (χ1) is 7.13. The molecule has 0 saturated heterocycles. The van der Waals surface area contributed by atoms with Crippen LogP contribution >= 0.6 is 0 Å². The Morgan fingerprint density at radius 2 is 2.33 bits per heavy atom. The van der Waals surface area contributed by atoms with Crippen molar-refractivity contribution in [3.8, 4) is 5.75 Å². The molecule has 0 aliphatic carbocycles. The van der Waals surface area contributed by atoms with E-state index in [2.05, 4.69) is 5.32 Å². The van der Waals surface area contributed by atoms with Gasteiger partial charge in [0, 0.05) is 0 Å². The van der Waals surface area contributed by atoms with Gasteiger partial charge in [0.15, 0.2) is 6.61 Å². The van der Waals surface area contributed by atoms with Crippen LogP contribution < -0.4 is 10.1 Å². The van der Waals surface area contributed by atoms with Gasteiger partial charge in [-0.05, 0) is 24.6 Å². The van der Waals surface area contributed by atoms with Gasteiger partial charge in [-0.2, -0.15) is 0 Å². The molecule has 0 spiro atoms. The van der Waals surface area contributed by atoms with Gasteiger partial charge in [0.1, 0.15) is 5.75 Å². The number of ether oxygens (including phenoxy) is 1. The van der Waals surface area contributed by atoms with Crippen LogP contribution in [0.25, 0.3) is 0 Å². The molecule has 80 valence electrons. The number of anilines is 1. The predicted molar refractivity (Wildman–Crippen MR) is 54.0 cm³/mol. The van der Waals surface area contributed by atoms with E-state index >= 15 is 0 Å². The van der Waals surface area contributed by atoms with E-state index < -0.39 is 12.6 Å². The van der Waals surface area contributed by atoms with E-state index in [1.54, 1.807) is 18.2 Å². The van der Waals surface area contributed by atoms with Crippen molar-refractivity contribution < 1.29 is 19.4 Å². The van der Waals surface area contributed by atoms with Gasteiger partial charge < -0.3 is 15.2 Å². The van der Waals surface area contributed by atoms with E-state index in [0.717, 1.165) is 5.56 Å². The summed E-state index contributed by atoms with van der Waals surface area (Å²) >= 11 is 0. The molecular weight excluding hydrogens is 198 g/mol. The lowest BCUT2D eigenvalue weighted by Gasteiger charge is -2.09. The Morgan fingerprint density at radius 1 is 1.60 bits per heavy atom. The van der Waals surface area contributed by atoms with Gasteiger partial charge >= 0.3 is 5.97 Å². The van der Waals surface area contributed by atoms with Crippen molar-refractivity contribution >= 4 is 18.1 Å². The van der Waals surface area contributed by atoms with Crippen LogP contribution in [0.1, 0.15) is 5.56 Å². The first-order valence-electron chi connectivity index (χ1n) is 4.29. The van der Waals surface area contributed by atoms with Crippen molar-refractivity contribution in [2.45, 2.75) is 6.92 Å². The Bertz CT molecular complexity index is 376. The SMILES string of the molecule is Cc1ccc(OCC(=O)O)c(NC=O)c1. The molecule has 0 radical (unpaired) electrons. The van der Waals surface area contributed by atoms with E-state index in [0.29, 0.717) is 17.8 Å². The highest BCUT2D eigenvalue weighted by Crippen LogP contribution is 2.24. The molecule has 15 heavy (non-hydrogen) atoms. The van der Waals surface area contributed by atoms with Crippen LogP contribution in [0, 0.1) is 6.92 Å². The van der Waals surface area contributed by atoms with Crippen molar-refractivity contribution in [2.24, 2.45) is 0 Å². The van der Waals surface area contributed by atoms with Gasteiger partial charge in [-0.3, -0.25) is 4.79 Å². The zero-order valence-corrected chi connectivity index (χ0v) is 8.19. The van der Waals surface area contributed by atoms with E-state index in [4.69, 9.17) is 9.84 Å². The fourth-order valence-electron chi connectivity index (χ4n) is 1.09. The number of carbonyl (C=O) groups is 2. The summed E-state index contributed by atoms with van der Waals surface area (Å²) < 4.78 is 4.99. The molecule has 0 unspecified atom stereocenters. The molecule has 0 heterocycles. The number of benzene rings is 1. The smallest absolute Gasteiger partial charge is 0.341 e. The molecule has 0 fully saturated rings. The second-order valence-corrected chi connectivity index (χ2v) is 2.94. The van der Waals surface area contributed by atoms with Crippen LogP contribution in [0.2, 0.25) is 0 Å². The molecule has 0 aliphatic rings. The number of hydrogen-bond donors (Lipinski definition) is 2.